The van der Waals surface area contributed by atoms with Crippen molar-refractivity contribution in [1.82, 2.24) is 4.90 Å². The second-order valence-electron chi connectivity index (χ2n) is 7.94. The number of carbonyl (C=O) groups excluding carboxylic acids is 1. The highest BCUT2D eigenvalue weighted by Gasteiger charge is 2.33. The van der Waals surface area contributed by atoms with Gasteiger partial charge in [-0.2, -0.15) is 0 Å². The summed E-state index contributed by atoms with van der Waals surface area (Å²) in [5, 5.41) is 2.81. The van der Waals surface area contributed by atoms with Gasteiger partial charge >= 0.3 is 0 Å². The number of nitrogens with zero attached hydrogens (tertiary/aromatic N) is 1. The van der Waals surface area contributed by atoms with E-state index < -0.39 is 0 Å². The van der Waals surface area contributed by atoms with Gasteiger partial charge in [-0.05, 0) is 55.0 Å². The number of aryl methyl sites for hydroxylation is 1. The Kier molecular flexibility index (Phi) is 5.34. The number of ether oxygens (including phenoxy) is 2. The van der Waals surface area contributed by atoms with Crippen LogP contribution >= 0.6 is 22.9 Å². The molecule has 31 heavy (non-hydrogen) atoms. The molecule has 0 spiro atoms. The van der Waals surface area contributed by atoms with Gasteiger partial charge in [-0.3, -0.25) is 9.69 Å². The van der Waals surface area contributed by atoms with Crippen molar-refractivity contribution < 1.29 is 14.3 Å². The number of Topliss-reactive ketones (excluding diaryl/α,β-unsaturated/α-hetero) is 1. The van der Waals surface area contributed by atoms with E-state index in [1.54, 1.807) is 11.3 Å². The van der Waals surface area contributed by atoms with Crippen molar-refractivity contribution in [3.63, 3.8) is 0 Å². The number of fused-ring (bicyclic) bond motifs is 2. The molecule has 3 aromatic rings. The third kappa shape index (κ3) is 3.78. The Morgan fingerprint density at radius 3 is 2.81 bits per heavy atom. The average Bonchev–Trinajstić information content (AvgIpc) is 3.31. The lowest BCUT2D eigenvalue weighted by Gasteiger charge is -2.30. The molecule has 0 unspecified atom stereocenters. The van der Waals surface area contributed by atoms with E-state index in [-0.39, 0.29) is 5.78 Å². The first-order valence-electron chi connectivity index (χ1n) is 10.2. The Labute approximate surface area is 190 Å². The SMILES string of the molecule is Cc1ccsc1/C=C1\Oc2c(cc3c(c2C)OCN(CCc2ccccc2Cl)C3)C1=O. The molecule has 3 heterocycles. The van der Waals surface area contributed by atoms with E-state index in [9.17, 15) is 4.79 Å². The van der Waals surface area contributed by atoms with Crippen LogP contribution in [0.4, 0.5) is 0 Å². The number of hydrogen-bond acceptors (Lipinski definition) is 5. The van der Waals surface area contributed by atoms with Gasteiger partial charge < -0.3 is 9.47 Å². The Morgan fingerprint density at radius 1 is 1.19 bits per heavy atom. The lowest BCUT2D eigenvalue weighted by Crippen LogP contribution is -2.34. The van der Waals surface area contributed by atoms with Gasteiger partial charge in [0, 0.05) is 40.2 Å². The zero-order valence-electron chi connectivity index (χ0n) is 17.4. The molecule has 0 aliphatic carbocycles. The monoisotopic (exact) mass is 451 g/mol. The molecule has 0 amide bonds. The van der Waals surface area contributed by atoms with Crippen LogP contribution in [0.2, 0.25) is 5.02 Å². The fourth-order valence-electron chi connectivity index (χ4n) is 4.07. The smallest absolute Gasteiger partial charge is 0.232 e. The highest BCUT2D eigenvalue weighted by molar-refractivity contribution is 7.11. The first kappa shape index (κ1) is 20.3. The Hall–Kier alpha value is -2.60. The minimum absolute atomic E-state index is 0.0677. The number of carbonyl (C=O) groups is 1. The van der Waals surface area contributed by atoms with Crippen LogP contribution in [-0.2, 0) is 13.0 Å². The predicted molar refractivity (Wildman–Crippen MR) is 124 cm³/mol. The summed E-state index contributed by atoms with van der Waals surface area (Å²) in [5.74, 6) is 1.76. The van der Waals surface area contributed by atoms with E-state index in [4.69, 9.17) is 21.1 Å². The van der Waals surface area contributed by atoms with Crippen molar-refractivity contribution >= 4 is 34.8 Å². The number of halogens is 1. The molecule has 1 aromatic heterocycles. The highest BCUT2D eigenvalue weighted by atomic mass is 35.5. The quantitative estimate of drug-likeness (QED) is 0.454. The van der Waals surface area contributed by atoms with Crippen molar-refractivity contribution in [3.8, 4) is 11.5 Å². The van der Waals surface area contributed by atoms with Crippen LogP contribution in [-0.4, -0.2) is 24.0 Å². The second kappa shape index (κ2) is 8.15. The average molecular weight is 452 g/mol. The van der Waals surface area contributed by atoms with Crippen molar-refractivity contribution in [2.45, 2.75) is 26.8 Å². The first-order valence-corrected chi connectivity index (χ1v) is 11.5. The zero-order valence-corrected chi connectivity index (χ0v) is 19.0. The van der Waals surface area contributed by atoms with Crippen molar-refractivity contribution in [2.75, 3.05) is 13.3 Å². The van der Waals surface area contributed by atoms with Crippen LogP contribution in [0.1, 0.15) is 37.5 Å². The second-order valence-corrected chi connectivity index (χ2v) is 9.30. The number of ketones is 1. The maximum atomic E-state index is 13.0. The molecule has 0 fully saturated rings. The van der Waals surface area contributed by atoms with Crippen molar-refractivity contribution in [3.05, 3.63) is 85.3 Å². The molecule has 0 N–H and O–H groups in total. The molecule has 0 saturated carbocycles. The molecule has 2 aliphatic rings. The molecule has 0 bridgehead atoms. The van der Waals surface area contributed by atoms with E-state index in [1.165, 1.54) is 0 Å². The predicted octanol–water partition coefficient (Wildman–Crippen LogP) is 6.03. The molecule has 0 saturated heterocycles. The summed E-state index contributed by atoms with van der Waals surface area (Å²) in [6.07, 6.45) is 2.69. The van der Waals surface area contributed by atoms with E-state index in [0.717, 1.165) is 57.4 Å². The Bertz CT molecular complexity index is 1210. The zero-order chi connectivity index (χ0) is 21.5. The molecular formula is C25H22ClNO3S. The molecule has 0 radical (unpaired) electrons. The first-order chi connectivity index (χ1) is 15.0. The van der Waals surface area contributed by atoms with Crippen LogP contribution < -0.4 is 9.47 Å². The van der Waals surface area contributed by atoms with Gasteiger partial charge in [0.2, 0.25) is 5.78 Å². The summed E-state index contributed by atoms with van der Waals surface area (Å²) in [6, 6.07) is 11.9. The lowest BCUT2D eigenvalue weighted by molar-refractivity contribution is 0.0954. The molecule has 2 aliphatic heterocycles. The standard InChI is InChI=1S/C25H22ClNO3S/c1-15-8-10-31-22(15)12-21-23(28)19-11-18-13-27(9-7-17-5-3-4-6-20(17)26)14-29-24(18)16(2)25(19)30-21/h3-6,8,10-12H,7,9,13-14H2,1-2H3/b21-12-. The molecule has 4 nitrogen and oxygen atoms in total. The molecule has 5 rings (SSSR count). The van der Waals surface area contributed by atoms with Gasteiger partial charge in [0.15, 0.2) is 5.76 Å². The molecule has 0 atom stereocenters. The number of thiophene rings is 1. The minimum atomic E-state index is -0.0677. The van der Waals surface area contributed by atoms with Gasteiger partial charge in [0.05, 0.1) is 5.56 Å². The molecular weight excluding hydrogens is 430 g/mol. The highest BCUT2D eigenvalue weighted by Crippen LogP contribution is 2.43. The van der Waals surface area contributed by atoms with Crippen LogP contribution in [0.5, 0.6) is 11.5 Å². The largest absolute Gasteiger partial charge is 0.477 e. The Balaban J connectivity index is 1.37. The van der Waals surface area contributed by atoms with Gasteiger partial charge in [-0.1, -0.05) is 29.8 Å². The maximum absolute atomic E-state index is 13.0. The minimum Gasteiger partial charge on any atom is -0.477 e. The van der Waals surface area contributed by atoms with Crippen LogP contribution in [0.3, 0.4) is 0 Å². The summed E-state index contributed by atoms with van der Waals surface area (Å²) in [4.78, 5) is 16.3. The van der Waals surface area contributed by atoms with Gasteiger partial charge in [0.1, 0.15) is 18.2 Å². The van der Waals surface area contributed by atoms with Gasteiger partial charge in [0.25, 0.3) is 0 Å². The summed E-state index contributed by atoms with van der Waals surface area (Å²) in [6.45, 7) is 6.05. The fraction of sp³-hybridized carbons (Fsp3) is 0.240. The van der Waals surface area contributed by atoms with Crippen LogP contribution in [0.15, 0.2) is 47.5 Å². The fourth-order valence-corrected chi connectivity index (χ4v) is 5.15. The molecule has 6 heteroatoms. The van der Waals surface area contributed by atoms with Crippen LogP contribution in [0, 0.1) is 13.8 Å². The van der Waals surface area contributed by atoms with Crippen molar-refractivity contribution in [2.24, 2.45) is 0 Å². The lowest BCUT2D eigenvalue weighted by atomic mass is 10.00. The maximum Gasteiger partial charge on any atom is 0.232 e. The van der Waals surface area contributed by atoms with E-state index in [0.29, 0.717) is 23.8 Å². The summed E-state index contributed by atoms with van der Waals surface area (Å²) in [5.41, 5.74) is 4.79. The van der Waals surface area contributed by atoms with Gasteiger partial charge in [-0.15, -0.1) is 11.3 Å². The summed E-state index contributed by atoms with van der Waals surface area (Å²) in [7, 11) is 0. The van der Waals surface area contributed by atoms with E-state index >= 15 is 0 Å². The third-order valence-corrected chi connectivity index (χ3v) is 7.16. The summed E-state index contributed by atoms with van der Waals surface area (Å²) < 4.78 is 12.1. The molecule has 2 aromatic carbocycles. The topological polar surface area (TPSA) is 38.8 Å². The molecule has 158 valence electrons. The normalized spacial score (nSPS) is 16.7. The summed E-state index contributed by atoms with van der Waals surface area (Å²) >= 11 is 7.89. The Morgan fingerprint density at radius 2 is 2.03 bits per heavy atom. The number of allylic oxidation sites excluding steroid dienone is 1. The van der Waals surface area contributed by atoms with E-state index in [2.05, 4.69) is 11.0 Å². The third-order valence-electron chi connectivity index (χ3n) is 5.82. The number of rotatable bonds is 4. The van der Waals surface area contributed by atoms with Gasteiger partial charge in [-0.25, -0.2) is 0 Å². The van der Waals surface area contributed by atoms with Crippen LogP contribution in [0.25, 0.3) is 6.08 Å². The van der Waals surface area contributed by atoms with Crippen molar-refractivity contribution in [1.29, 1.82) is 0 Å². The van der Waals surface area contributed by atoms with E-state index in [1.807, 2.05) is 55.6 Å². The number of hydrogen-bond donors (Lipinski definition) is 0. The number of benzene rings is 2.